The van der Waals surface area contributed by atoms with Crippen molar-refractivity contribution >= 4 is 29.1 Å². The number of carboxylic acid groups (broad SMARTS) is 1. The van der Waals surface area contributed by atoms with E-state index in [0.717, 1.165) is 11.1 Å². The number of aromatic nitrogens is 1. The second kappa shape index (κ2) is 9.16. The molecule has 168 valence electrons. The fraction of sp³-hybridized carbons (Fsp3) is 0.231. The van der Waals surface area contributed by atoms with E-state index in [1.165, 1.54) is 29.0 Å². The molecule has 1 unspecified atom stereocenters. The van der Waals surface area contributed by atoms with Crippen molar-refractivity contribution in [1.82, 2.24) is 4.57 Å². The van der Waals surface area contributed by atoms with Gasteiger partial charge in [-0.15, -0.1) is 0 Å². The van der Waals surface area contributed by atoms with Crippen LogP contribution in [0.5, 0.6) is 0 Å². The second-order valence-corrected chi connectivity index (χ2v) is 8.58. The molecule has 6 nitrogen and oxygen atoms in total. The zero-order valence-electron chi connectivity index (χ0n) is 18.0. The van der Waals surface area contributed by atoms with Crippen LogP contribution >= 0.6 is 11.6 Å². The molecule has 7 heteroatoms. The number of carbonyl (C=O) groups excluding carboxylic acids is 2. The number of carboxylic acids is 1. The normalized spacial score (nSPS) is 13.6. The molecular formula is C26H22ClNO5. The molecule has 1 aromatic heterocycles. The van der Waals surface area contributed by atoms with Gasteiger partial charge in [-0.25, -0.2) is 4.79 Å². The second-order valence-electron chi connectivity index (χ2n) is 8.14. The van der Waals surface area contributed by atoms with Gasteiger partial charge in [0.1, 0.15) is 0 Å². The maximum Gasteiger partial charge on any atom is 0.335 e. The highest BCUT2D eigenvalue weighted by atomic mass is 35.5. The molecule has 0 amide bonds. The molecule has 1 aliphatic rings. The minimum absolute atomic E-state index is 0.0499. The molecule has 2 aromatic carbocycles. The number of nitrogens with zero attached hydrogens (tertiary/aromatic N) is 1. The molecule has 3 aromatic rings. The van der Waals surface area contributed by atoms with Crippen molar-refractivity contribution in [1.29, 1.82) is 0 Å². The van der Waals surface area contributed by atoms with Gasteiger partial charge in [0.15, 0.2) is 11.6 Å². The van der Waals surface area contributed by atoms with E-state index in [4.69, 9.17) is 16.7 Å². The topological polar surface area (TPSA) is 93.4 Å². The predicted molar refractivity (Wildman–Crippen MR) is 125 cm³/mol. The third-order valence-corrected chi connectivity index (χ3v) is 6.27. The molecule has 33 heavy (non-hydrogen) atoms. The molecular weight excluding hydrogens is 442 g/mol. The molecule has 0 saturated carbocycles. The monoisotopic (exact) mass is 463 g/mol. The van der Waals surface area contributed by atoms with E-state index >= 15 is 0 Å². The molecule has 0 spiro atoms. The maximum absolute atomic E-state index is 13.1. The highest BCUT2D eigenvalue weighted by molar-refractivity contribution is 6.31. The van der Waals surface area contributed by atoms with Crippen LogP contribution in [0.1, 0.15) is 57.7 Å². The smallest absolute Gasteiger partial charge is 0.335 e. The lowest BCUT2D eigenvalue weighted by atomic mass is 9.96. The third-order valence-electron chi connectivity index (χ3n) is 6.04. The minimum Gasteiger partial charge on any atom is -0.478 e. The Hall–Kier alpha value is -3.51. The molecule has 1 N–H and O–H groups in total. The van der Waals surface area contributed by atoms with Crippen LogP contribution in [0.3, 0.4) is 0 Å². The summed E-state index contributed by atoms with van der Waals surface area (Å²) in [6, 6.07) is 12.2. The molecule has 1 heterocycles. The molecule has 0 bridgehead atoms. The summed E-state index contributed by atoms with van der Waals surface area (Å²) in [7, 11) is 0. The number of Topliss-reactive ketones (excluding diaryl/α,β-unsaturated/α-hetero) is 2. The Kier molecular flexibility index (Phi) is 6.29. The number of aromatic carboxylic acids is 1. The summed E-state index contributed by atoms with van der Waals surface area (Å²) in [5.74, 6) is -1.31. The van der Waals surface area contributed by atoms with E-state index in [2.05, 4.69) is 0 Å². The first-order valence-corrected chi connectivity index (χ1v) is 11.1. The van der Waals surface area contributed by atoms with Crippen molar-refractivity contribution in [3.05, 3.63) is 92.4 Å². The summed E-state index contributed by atoms with van der Waals surface area (Å²) >= 11 is 6.18. The van der Waals surface area contributed by atoms with Crippen LogP contribution < -0.4 is 5.56 Å². The number of hydrogen-bond acceptors (Lipinski definition) is 4. The molecule has 0 fully saturated rings. The standard InChI is InChI=1S/C26H22ClNO5/c1-2-22(24(30)11-15-3-5-17(6-4-15)26(32)33)28-14-21-20(13-25(28)31)19-12-18(27)9-7-16(19)8-10-23(21)29/h3-7,9,12-14,22H,2,8,10-11H2,1H3,(H,32,33). The SMILES string of the molecule is CCC(C(=O)Cc1ccc(C(=O)O)cc1)n1cc2c(cc1=O)-c1cc(Cl)ccc1CCC2=O. The average Bonchev–Trinajstić information content (AvgIpc) is 2.91. The van der Waals surface area contributed by atoms with Crippen LogP contribution in [0.4, 0.5) is 0 Å². The Bertz CT molecular complexity index is 1320. The highest BCUT2D eigenvalue weighted by Gasteiger charge is 2.26. The van der Waals surface area contributed by atoms with Gasteiger partial charge in [0.2, 0.25) is 0 Å². The van der Waals surface area contributed by atoms with Crippen LogP contribution in [0.25, 0.3) is 11.1 Å². The van der Waals surface area contributed by atoms with Crippen LogP contribution in [0, 0.1) is 0 Å². The summed E-state index contributed by atoms with van der Waals surface area (Å²) < 4.78 is 1.35. The van der Waals surface area contributed by atoms with Crippen LogP contribution in [0.2, 0.25) is 5.02 Å². The van der Waals surface area contributed by atoms with E-state index in [0.29, 0.717) is 41.0 Å². The van der Waals surface area contributed by atoms with Crippen molar-refractivity contribution in [2.45, 2.75) is 38.6 Å². The van der Waals surface area contributed by atoms with Crippen molar-refractivity contribution in [2.75, 3.05) is 0 Å². The first-order chi connectivity index (χ1) is 15.8. The predicted octanol–water partition coefficient (Wildman–Crippen LogP) is 4.76. The largest absolute Gasteiger partial charge is 0.478 e. The van der Waals surface area contributed by atoms with Gasteiger partial charge >= 0.3 is 5.97 Å². The van der Waals surface area contributed by atoms with Crippen molar-refractivity contribution in [3.8, 4) is 11.1 Å². The zero-order chi connectivity index (χ0) is 23.7. The number of benzene rings is 2. The van der Waals surface area contributed by atoms with Gasteiger partial charge < -0.3 is 9.67 Å². The number of rotatable bonds is 6. The van der Waals surface area contributed by atoms with Crippen LogP contribution in [-0.4, -0.2) is 27.2 Å². The van der Waals surface area contributed by atoms with Gasteiger partial charge in [-0.05, 0) is 59.4 Å². The van der Waals surface area contributed by atoms with Crippen LogP contribution in [0.15, 0.2) is 59.5 Å². The van der Waals surface area contributed by atoms with Gasteiger partial charge in [-0.1, -0.05) is 36.7 Å². The zero-order valence-corrected chi connectivity index (χ0v) is 18.8. The van der Waals surface area contributed by atoms with E-state index in [1.807, 2.05) is 13.0 Å². The van der Waals surface area contributed by atoms with Gasteiger partial charge in [-0.2, -0.15) is 0 Å². The molecule has 4 rings (SSSR count). The van der Waals surface area contributed by atoms with E-state index < -0.39 is 12.0 Å². The van der Waals surface area contributed by atoms with E-state index in [9.17, 15) is 19.2 Å². The lowest BCUT2D eigenvalue weighted by Crippen LogP contribution is -2.31. The van der Waals surface area contributed by atoms with Crippen molar-refractivity contribution < 1.29 is 19.5 Å². The number of pyridine rings is 1. The molecule has 0 aliphatic heterocycles. The summed E-state index contributed by atoms with van der Waals surface area (Å²) in [6.45, 7) is 1.81. The Morgan fingerprint density at radius 2 is 1.73 bits per heavy atom. The van der Waals surface area contributed by atoms with Crippen molar-refractivity contribution in [3.63, 3.8) is 0 Å². The lowest BCUT2D eigenvalue weighted by Gasteiger charge is -2.19. The number of aryl methyl sites for hydroxylation is 1. The Morgan fingerprint density at radius 1 is 1.00 bits per heavy atom. The summed E-state index contributed by atoms with van der Waals surface area (Å²) in [6.07, 6.45) is 2.79. The van der Waals surface area contributed by atoms with Crippen molar-refractivity contribution in [2.24, 2.45) is 0 Å². The van der Waals surface area contributed by atoms with Gasteiger partial charge in [-0.3, -0.25) is 14.4 Å². The summed E-state index contributed by atoms with van der Waals surface area (Å²) in [5, 5.41) is 9.56. The number of fused-ring (bicyclic) bond motifs is 3. The van der Waals surface area contributed by atoms with Gasteiger partial charge in [0.05, 0.1) is 11.6 Å². The van der Waals surface area contributed by atoms with Gasteiger partial charge in [0, 0.05) is 35.7 Å². The number of carbonyl (C=O) groups is 3. The van der Waals surface area contributed by atoms with Gasteiger partial charge in [0.25, 0.3) is 5.56 Å². The van der Waals surface area contributed by atoms with E-state index in [1.54, 1.807) is 24.3 Å². The Labute approximate surface area is 195 Å². The maximum atomic E-state index is 13.1. The van der Waals surface area contributed by atoms with Crippen LogP contribution in [-0.2, 0) is 17.6 Å². The molecule has 1 aliphatic carbocycles. The van der Waals surface area contributed by atoms with E-state index in [-0.39, 0.29) is 29.1 Å². The third kappa shape index (κ3) is 4.52. The quantitative estimate of drug-likeness (QED) is 0.569. The first-order valence-electron chi connectivity index (χ1n) is 10.7. The number of halogens is 1. The Balaban J connectivity index is 1.71. The average molecular weight is 464 g/mol. The summed E-state index contributed by atoms with van der Waals surface area (Å²) in [4.78, 5) is 50.1. The molecule has 0 saturated heterocycles. The lowest BCUT2D eigenvalue weighted by molar-refractivity contribution is -0.121. The number of ketones is 2. The summed E-state index contributed by atoms with van der Waals surface area (Å²) in [5.41, 5.74) is 3.11. The molecule has 0 radical (unpaired) electrons. The molecule has 1 atom stereocenters. The Morgan fingerprint density at radius 3 is 2.39 bits per heavy atom. The highest BCUT2D eigenvalue weighted by Crippen LogP contribution is 2.34. The minimum atomic E-state index is -1.04. The number of hydrogen-bond donors (Lipinski definition) is 1. The fourth-order valence-electron chi connectivity index (χ4n) is 4.30. The first kappa shape index (κ1) is 22.7. The fourth-order valence-corrected chi connectivity index (χ4v) is 4.47.